The molecule has 4 nitrogen and oxygen atoms in total. The van der Waals surface area contributed by atoms with E-state index in [9.17, 15) is 0 Å². The van der Waals surface area contributed by atoms with E-state index in [0.717, 1.165) is 0 Å². The van der Waals surface area contributed by atoms with Gasteiger partial charge in [-0.15, -0.1) is 0 Å². The maximum absolute atomic E-state index is 5.05. The summed E-state index contributed by atoms with van der Waals surface area (Å²) in [6.45, 7) is 0.352. The van der Waals surface area contributed by atoms with Gasteiger partial charge in [-0.2, -0.15) is 0 Å². The first kappa shape index (κ1) is 11.6. The Labute approximate surface area is 74.1 Å². The van der Waals surface area contributed by atoms with Crippen LogP contribution < -0.4 is 0 Å². The smallest absolute Gasteiger partial charge is 0.372 e. The zero-order valence-electron chi connectivity index (χ0n) is 7.84. The van der Waals surface area contributed by atoms with E-state index in [1.165, 1.54) is 21.3 Å². The fraction of sp³-hybridized carbons (Fsp3) is 0.714. The fourth-order valence-electron chi connectivity index (χ4n) is 0.620. The lowest BCUT2D eigenvalue weighted by Crippen LogP contribution is -2.41. The molecule has 0 saturated heterocycles. The Balaban J connectivity index is 4.22. The van der Waals surface area contributed by atoms with Gasteiger partial charge in [-0.05, 0) is 5.54 Å². The quantitative estimate of drug-likeness (QED) is 0.464. The summed E-state index contributed by atoms with van der Waals surface area (Å²) < 4.78 is 19.9. The Kier molecular flexibility index (Phi) is 5.97. The SMILES string of the molecule is COCC#C[Si](OC)(OC)OC. The second-order valence-corrected chi connectivity index (χ2v) is 4.49. The highest BCUT2D eigenvalue weighted by atomic mass is 28.4. The molecule has 0 atom stereocenters. The second kappa shape index (κ2) is 6.17. The van der Waals surface area contributed by atoms with Crippen molar-refractivity contribution in [3.05, 3.63) is 0 Å². The van der Waals surface area contributed by atoms with Crippen LogP contribution in [0.4, 0.5) is 0 Å². The Bertz CT molecular complexity index is 160. The molecule has 0 aliphatic carbocycles. The van der Waals surface area contributed by atoms with Gasteiger partial charge in [0.15, 0.2) is 0 Å². The molecule has 12 heavy (non-hydrogen) atoms. The van der Waals surface area contributed by atoms with Crippen molar-refractivity contribution < 1.29 is 18.0 Å². The molecular formula is C7H14O4Si. The minimum atomic E-state index is -2.70. The highest BCUT2D eigenvalue weighted by Gasteiger charge is 2.36. The predicted octanol–water partition coefficient (Wildman–Crippen LogP) is 0.0535. The summed E-state index contributed by atoms with van der Waals surface area (Å²) in [7, 11) is 3.42. The van der Waals surface area contributed by atoms with Gasteiger partial charge in [-0.1, -0.05) is 5.92 Å². The summed E-state index contributed by atoms with van der Waals surface area (Å²) in [6, 6.07) is 0. The standard InChI is InChI=1S/C7H14O4Si/c1-8-6-5-7-12(9-2,10-3)11-4/h6H2,1-4H3. The van der Waals surface area contributed by atoms with Gasteiger partial charge in [0, 0.05) is 28.4 Å². The zero-order chi connectivity index (χ0) is 9.45. The second-order valence-electron chi connectivity index (χ2n) is 1.90. The molecule has 0 rings (SSSR count). The molecule has 0 aromatic rings. The molecule has 0 radical (unpaired) electrons. The first-order chi connectivity index (χ1) is 5.74. The third-order valence-corrected chi connectivity index (χ3v) is 3.36. The van der Waals surface area contributed by atoms with Crippen molar-refractivity contribution in [1.29, 1.82) is 0 Å². The van der Waals surface area contributed by atoms with Gasteiger partial charge in [0.25, 0.3) is 0 Å². The zero-order valence-corrected chi connectivity index (χ0v) is 8.84. The number of ether oxygens (including phenoxy) is 1. The van der Waals surface area contributed by atoms with Crippen LogP contribution in [0.1, 0.15) is 0 Å². The van der Waals surface area contributed by atoms with Gasteiger partial charge in [-0.25, -0.2) is 0 Å². The van der Waals surface area contributed by atoms with Crippen molar-refractivity contribution in [2.45, 2.75) is 0 Å². The maximum atomic E-state index is 5.05. The predicted molar refractivity (Wildman–Crippen MR) is 46.4 cm³/mol. The van der Waals surface area contributed by atoms with Crippen LogP contribution in [0.25, 0.3) is 0 Å². The molecule has 0 aromatic carbocycles. The van der Waals surface area contributed by atoms with Crippen LogP contribution in [-0.2, 0) is 18.0 Å². The van der Waals surface area contributed by atoms with Crippen molar-refractivity contribution in [2.75, 3.05) is 35.0 Å². The van der Waals surface area contributed by atoms with Gasteiger partial charge in [0.2, 0.25) is 0 Å². The van der Waals surface area contributed by atoms with Crippen LogP contribution in [0.5, 0.6) is 0 Å². The molecule has 5 heteroatoms. The normalized spacial score (nSPS) is 10.7. The number of methoxy groups -OCH3 is 1. The third-order valence-electron chi connectivity index (χ3n) is 1.26. The van der Waals surface area contributed by atoms with E-state index in [-0.39, 0.29) is 0 Å². The summed E-state index contributed by atoms with van der Waals surface area (Å²) in [4.78, 5) is 0. The highest BCUT2D eigenvalue weighted by molar-refractivity contribution is 6.69. The van der Waals surface area contributed by atoms with Crippen LogP contribution in [0.2, 0.25) is 0 Å². The van der Waals surface area contributed by atoms with E-state index in [1.54, 1.807) is 7.11 Å². The molecule has 0 heterocycles. The van der Waals surface area contributed by atoms with E-state index in [0.29, 0.717) is 6.61 Å². The van der Waals surface area contributed by atoms with Gasteiger partial charge in [0.05, 0.1) is 0 Å². The summed E-state index contributed by atoms with van der Waals surface area (Å²) in [5.41, 5.74) is 2.78. The number of hydrogen-bond acceptors (Lipinski definition) is 4. The van der Waals surface area contributed by atoms with E-state index in [1.807, 2.05) is 0 Å². The largest absolute Gasteiger partial charge is 0.590 e. The lowest BCUT2D eigenvalue weighted by Gasteiger charge is -2.17. The molecule has 0 saturated carbocycles. The van der Waals surface area contributed by atoms with Gasteiger partial charge >= 0.3 is 8.80 Å². The minimum absolute atomic E-state index is 0.352. The van der Waals surface area contributed by atoms with Crippen molar-refractivity contribution in [1.82, 2.24) is 0 Å². The monoisotopic (exact) mass is 190 g/mol. The average Bonchev–Trinajstić information content (AvgIpc) is 2.14. The minimum Gasteiger partial charge on any atom is -0.372 e. The molecule has 0 aliphatic rings. The Hall–Kier alpha value is -0.383. The summed E-state index contributed by atoms with van der Waals surface area (Å²) in [6.07, 6.45) is 0. The Morgan fingerprint density at radius 1 is 1.00 bits per heavy atom. The van der Waals surface area contributed by atoms with Crippen LogP contribution in [0.3, 0.4) is 0 Å². The highest BCUT2D eigenvalue weighted by Crippen LogP contribution is 2.02. The first-order valence-corrected chi connectivity index (χ1v) is 5.11. The van der Waals surface area contributed by atoms with E-state index >= 15 is 0 Å². The van der Waals surface area contributed by atoms with Crippen molar-refractivity contribution >= 4 is 8.80 Å². The molecule has 0 spiro atoms. The van der Waals surface area contributed by atoms with Gasteiger partial charge in [0.1, 0.15) is 6.61 Å². The van der Waals surface area contributed by atoms with E-state index < -0.39 is 8.80 Å². The molecule has 0 aliphatic heterocycles. The molecule has 0 amide bonds. The first-order valence-electron chi connectivity index (χ1n) is 3.39. The fourth-order valence-corrected chi connectivity index (χ4v) is 1.71. The van der Waals surface area contributed by atoms with E-state index in [4.69, 9.17) is 18.0 Å². The van der Waals surface area contributed by atoms with Gasteiger partial charge < -0.3 is 18.0 Å². The lowest BCUT2D eigenvalue weighted by atomic mass is 10.8. The van der Waals surface area contributed by atoms with E-state index in [2.05, 4.69) is 11.5 Å². The topological polar surface area (TPSA) is 36.9 Å². The summed E-state index contributed by atoms with van der Waals surface area (Å²) in [5, 5.41) is 0. The molecule has 0 unspecified atom stereocenters. The Morgan fingerprint density at radius 2 is 1.50 bits per heavy atom. The molecule has 0 fully saturated rings. The van der Waals surface area contributed by atoms with Crippen molar-refractivity contribution in [2.24, 2.45) is 0 Å². The number of rotatable bonds is 4. The molecular weight excluding hydrogens is 176 g/mol. The lowest BCUT2D eigenvalue weighted by molar-refractivity contribution is 0.141. The van der Waals surface area contributed by atoms with Crippen LogP contribution in [-0.4, -0.2) is 43.9 Å². The molecule has 0 N–H and O–H groups in total. The average molecular weight is 190 g/mol. The van der Waals surface area contributed by atoms with Crippen LogP contribution >= 0.6 is 0 Å². The maximum Gasteiger partial charge on any atom is 0.590 e. The van der Waals surface area contributed by atoms with Crippen LogP contribution in [0, 0.1) is 11.5 Å². The molecule has 0 bridgehead atoms. The Morgan fingerprint density at radius 3 is 1.83 bits per heavy atom. The molecule has 70 valence electrons. The van der Waals surface area contributed by atoms with Crippen molar-refractivity contribution in [3.63, 3.8) is 0 Å². The summed E-state index contributed by atoms with van der Waals surface area (Å²) in [5.74, 6) is 2.74. The van der Waals surface area contributed by atoms with Crippen LogP contribution in [0.15, 0.2) is 0 Å². The third kappa shape index (κ3) is 3.34. The van der Waals surface area contributed by atoms with Gasteiger partial charge in [-0.3, -0.25) is 0 Å². The number of hydrogen-bond donors (Lipinski definition) is 0. The summed E-state index contributed by atoms with van der Waals surface area (Å²) >= 11 is 0. The van der Waals surface area contributed by atoms with Crippen molar-refractivity contribution in [3.8, 4) is 11.5 Å². The molecule has 0 aromatic heterocycles.